The summed E-state index contributed by atoms with van der Waals surface area (Å²) in [6.07, 6.45) is 1.89. The highest BCUT2D eigenvalue weighted by Gasteiger charge is 2.41. The van der Waals surface area contributed by atoms with Crippen molar-refractivity contribution in [3.63, 3.8) is 0 Å². The number of aromatic nitrogens is 1. The second kappa shape index (κ2) is 9.23. The van der Waals surface area contributed by atoms with Gasteiger partial charge in [-0.15, -0.1) is 0 Å². The van der Waals surface area contributed by atoms with Crippen molar-refractivity contribution in [2.75, 3.05) is 37.6 Å². The Labute approximate surface area is 201 Å². The number of hydrogen-bond donors (Lipinski definition) is 0. The highest BCUT2D eigenvalue weighted by atomic mass is 35.5. The van der Waals surface area contributed by atoms with Crippen LogP contribution in [0.15, 0.2) is 48.7 Å². The summed E-state index contributed by atoms with van der Waals surface area (Å²) in [7, 11) is 0. The van der Waals surface area contributed by atoms with Gasteiger partial charge in [-0.2, -0.15) is 13.2 Å². The number of amides is 1. The van der Waals surface area contributed by atoms with E-state index in [4.69, 9.17) is 11.6 Å². The van der Waals surface area contributed by atoms with Crippen molar-refractivity contribution in [2.24, 2.45) is 0 Å². The molecule has 0 saturated carbocycles. The van der Waals surface area contributed by atoms with Gasteiger partial charge in [0.05, 0.1) is 17.1 Å². The lowest BCUT2D eigenvalue weighted by atomic mass is 9.97. The molecule has 2 atom stereocenters. The third-order valence-electron chi connectivity index (χ3n) is 7.03. The third kappa shape index (κ3) is 4.66. The molecule has 5 rings (SSSR count). The molecule has 180 valence electrons. The number of fused-ring (bicyclic) bond motifs is 2. The normalized spacial score (nSPS) is 23.2. The van der Waals surface area contributed by atoms with Gasteiger partial charge in [0.15, 0.2) is 0 Å². The largest absolute Gasteiger partial charge is 0.417 e. The molecule has 0 aliphatic carbocycles. The number of carbonyl (C=O) groups is 1. The molecule has 0 N–H and O–H groups in total. The van der Waals surface area contributed by atoms with Gasteiger partial charge in [-0.05, 0) is 54.7 Å². The minimum absolute atomic E-state index is 0.0630. The summed E-state index contributed by atoms with van der Waals surface area (Å²) < 4.78 is 39.6. The molecule has 2 unspecified atom stereocenters. The van der Waals surface area contributed by atoms with E-state index in [0.29, 0.717) is 43.7 Å². The molecule has 3 aliphatic rings. The summed E-state index contributed by atoms with van der Waals surface area (Å²) in [6, 6.07) is 10.7. The molecule has 1 aromatic carbocycles. The molecular formula is C25H26ClF3N4O. The van der Waals surface area contributed by atoms with Crippen molar-refractivity contribution < 1.29 is 18.0 Å². The van der Waals surface area contributed by atoms with Crippen molar-refractivity contribution in [1.29, 1.82) is 0 Å². The lowest BCUT2D eigenvalue weighted by molar-refractivity contribution is -0.137. The maximum Gasteiger partial charge on any atom is 0.417 e. The molecule has 3 aliphatic heterocycles. The highest BCUT2D eigenvalue weighted by molar-refractivity contribution is 6.31. The first-order valence-corrected chi connectivity index (χ1v) is 11.9. The minimum Gasteiger partial charge on any atom is -0.348 e. The Morgan fingerprint density at radius 2 is 1.88 bits per heavy atom. The fourth-order valence-electron chi connectivity index (χ4n) is 5.39. The maximum absolute atomic E-state index is 13.2. The summed E-state index contributed by atoms with van der Waals surface area (Å²) in [5, 5.41) is -0.304. The number of nitrogens with zero attached hydrogens (tertiary/aromatic N) is 4. The second-order valence-corrected chi connectivity index (χ2v) is 9.59. The lowest BCUT2D eigenvalue weighted by Gasteiger charge is -2.42. The van der Waals surface area contributed by atoms with Gasteiger partial charge in [-0.1, -0.05) is 29.8 Å². The third-order valence-corrected chi connectivity index (χ3v) is 7.36. The van der Waals surface area contributed by atoms with Crippen molar-refractivity contribution in [2.45, 2.75) is 37.5 Å². The molecule has 34 heavy (non-hydrogen) atoms. The summed E-state index contributed by atoms with van der Waals surface area (Å²) >= 11 is 5.74. The van der Waals surface area contributed by atoms with Crippen LogP contribution in [0.2, 0.25) is 5.02 Å². The minimum atomic E-state index is -4.50. The second-order valence-electron chi connectivity index (χ2n) is 9.19. The summed E-state index contributed by atoms with van der Waals surface area (Å²) in [5.41, 5.74) is 0.491. The Bertz CT molecular complexity index is 1080. The van der Waals surface area contributed by atoms with E-state index in [-0.39, 0.29) is 10.9 Å². The van der Waals surface area contributed by atoms with E-state index < -0.39 is 11.7 Å². The Morgan fingerprint density at radius 1 is 1.12 bits per heavy atom. The van der Waals surface area contributed by atoms with E-state index in [0.717, 1.165) is 43.4 Å². The van der Waals surface area contributed by atoms with Crippen molar-refractivity contribution in [1.82, 2.24) is 14.8 Å². The van der Waals surface area contributed by atoms with Gasteiger partial charge in [0, 0.05) is 44.5 Å². The first kappa shape index (κ1) is 23.2. The van der Waals surface area contributed by atoms with Gasteiger partial charge in [-0.3, -0.25) is 9.69 Å². The van der Waals surface area contributed by atoms with Crippen LogP contribution in [0.25, 0.3) is 5.57 Å². The Kier molecular flexibility index (Phi) is 6.29. The van der Waals surface area contributed by atoms with E-state index in [2.05, 4.69) is 14.8 Å². The maximum atomic E-state index is 13.2. The van der Waals surface area contributed by atoms with Crippen LogP contribution in [-0.2, 0) is 11.0 Å². The van der Waals surface area contributed by atoms with E-state index in [9.17, 15) is 18.0 Å². The molecule has 4 heterocycles. The first-order valence-electron chi connectivity index (χ1n) is 11.6. The van der Waals surface area contributed by atoms with E-state index in [1.54, 1.807) is 11.0 Å². The number of halogens is 4. The lowest BCUT2D eigenvalue weighted by Crippen LogP contribution is -2.56. The molecule has 0 spiro atoms. The summed E-state index contributed by atoms with van der Waals surface area (Å²) in [4.78, 5) is 23.9. The molecule has 2 fully saturated rings. The molecule has 2 saturated heterocycles. The number of alkyl halides is 3. The van der Waals surface area contributed by atoms with Crippen LogP contribution in [0.1, 0.15) is 30.4 Å². The van der Waals surface area contributed by atoms with Crippen LogP contribution in [0.4, 0.5) is 19.0 Å². The van der Waals surface area contributed by atoms with Crippen LogP contribution >= 0.6 is 11.6 Å². The number of carbonyl (C=O) groups excluding carboxylic acids is 1. The zero-order valence-corrected chi connectivity index (χ0v) is 19.4. The van der Waals surface area contributed by atoms with Crippen LogP contribution < -0.4 is 4.90 Å². The predicted molar refractivity (Wildman–Crippen MR) is 126 cm³/mol. The molecule has 2 bridgehead atoms. The highest BCUT2D eigenvalue weighted by Crippen LogP contribution is 2.37. The topological polar surface area (TPSA) is 39.7 Å². The average Bonchev–Trinajstić information content (AvgIpc) is 3.09. The quantitative estimate of drug-likeness (QED) is 0.621. The van der Waals surface area contributed by atoms with Gasteiger partial charge in [0.1, 0.15) is 5.82 Å². The molecule has 1 aromatic heterocycles. The zero-order chi connectivity index (χ0) is 23.9. The molecule has 1 amide bonds. The SMILES string of the molecule is O=C(CN1CC2CCC(C1)N2c1ccccn1)N1CC=C(c2ccc(Cl)c(C(F)(F)F)c2)CC1. The van der Waals surface area contributed by atoms with Crippen molar-refractivity contribution in [3.05, 3.63) is 64.8 Å². The zero-order valence-electron chi connectivity index (χ0n) is 18.6. The van der Waals surface area contributed by atoms with Gasteiger partial charge >= 0.3 is 6.18 Å². The predicted octanol–water partition coefficient (Wildman–Crippen LogP) is 4.72. The Hall–Kier alpha value is -2.58. The van der Waals surface area contributed by atoms with Crippen molar-refractivity contribution >= 4 is 28.9 Å². The van der Waals surface area contributed by atoms with Gasteiger partial charge < -0.3 is 9.80 Å². The van der Waals surface area contributed by atoms with E-state index >= 15 is 0 Å². The van der Waals surface area contributed by atoms with Gasteiger partial charge in [-0.25, -0.2) is 4.98 Å². The number of rotatable bonds is 4. The van der Waals surface area contributed by atoms with Crippen LogP contribution in [-0.4, -0.2) is 65.5 Å². The van der Waals surface area contributed by atoms with Crippen molar-refractivity contribution in [3.8, 4) is 0 Å². The van der Waals surface area contributed by atoms with Crippen LogP contribution in [0.5, 0.6) is 0 Å². The molecule has 5 nitrogen and oxygen atoms in total. The Morgan fingerprint density at radius 3 is 2.50 bits per heavy atom. The number of likely N-dealkylation sites (tertiary alicyclic amines) is 1. The molecule has 2 aromatic rings. The first-order chi connectivity index (χ1) is 16.3. The van der Waals surface area contributed by atoms with Gasteiger partial charge in [0.2, 0.25) is 5.91 Å². The standard InChI is InChI=1S/C25H26ClF3N4O/c26-22-7-4-18(13-21(22)25(27,28)29)17-8-11-32(12-9-17)24(34)16-31-14-19-5-6-20(15-31)33(19)23-3-1-2-10-30-23/h1-4,7-8,10,13,19-20H,5-6,9,11-12,14-16H2. The van der Waals surface area contributed by atoms with E-state index in [1.807, 2.05) is 30.5 Å². The molecule has 0 radical (unpaired) electrons. The number of pyridine rings is 1. The molecule has 9 heteroatoms. The number of hydrogen-bond acceptors (Lipinski definition) is 4. The summed E-state index contributed by atoms with van der Waals surface area (Å²) in [6.45, 7) is 2.93. The van der Waals surface area contributed by atoms with E-state index in [1.165, 1.54) is 6.07 Å². The summed E-state index contributed by atoms with van der Waals surface area (Å²) in [5.74, 6) is 1.07. The molecular weight excluding hydrogens is 465 g/mol. The monoisotopic (exact) mass is 490 g/mol. The van der Waals surface area contributed by atoms with Crippen LogP contribution in [0, 0.1) is 0 Å². The number of piperazine rings is 1. The fraction of sp³-hybridized carbons (Fsp3) is 0.440. The smallest absolute Gasteiger partial charge is 0.348 e. The fourth-order valence-corrected chi connectivity index (χ4v) is 5.62. The van der Waals surface area contributed by atoms with Crippen LogP contribution in [0.3, 0.4) is 0 Å². The van der Waals surface area contributed by atoms with Gasteiger partial charge in [0.25, 0.3) is 0 Å². The average molecular weight is 491 g/mol. The number of benzene rings is 1. The Balaban J connectivity index is 1.20. The number of anilines is 1.